The molecule has 10 heteroatoms. The summed E-state index contributed by atoms with van der Waals surface area (Å²) >= 11 is 1.51. The molecule has 0 aromatic carbocycles. The third-order valence-corrected chi connectivity index (χ3v) is 5.20. The molecular formula is C17H15N7O2S. The first-order valence-corrected chi connectivity index (χ1v) is 9.22. The number of H-pyrrole nitrogens is 1. The minimum atomic E-state index is -0.533. The Balaban J connectivity index is 1.80. The van der Waals surface area contributed by atoms with Crippen molar-refractivity contribution in [2.75, 3.05) is 18.9 Å². The Bertz CT molecular complexity index is 1180. The van der Waals surface area contributed by atoms with Gasteiger partial charge in [-0.3, -0.25) is 9.55 Å². The average molecular weight is 381 g/mol. The Labute approximate surface area is 156 Å². The zero-order valence-corrected chi connectivity index (χ0v) is 14.9. The lowest BCUT2D eigenvalue weighted by atomic mass is 10.1. The summed E-state index contributed by atoms with van der Waals surface area (Å²) in [6.07, 6.45) is 3.50. The standard InChI is InChI=1S/C17H15N7O2S/c18-13-11-12(19-4-6-26-15(11)23-16(25)22-13)10-8-9-2-1-3-20-14(9)24(10)17-21-5-7-27-17/h1-3,5,7-8,12,19H,4,6H2,(H3,18,22,23,25). The molecule has 5 rings (SSSR count). The molecule has 136 valence electrons. The van der Waals surface area contributed by atoms with Crippen molar-refractivity contribution in [3.63, 3.8) is 0 Å². The van der Waals surface area contributed by atoms with Crippen LogP contribution in [0.5, 0.6) is 5.88 Å². The first-order valence-electron chi connectivity index (χ1n) is 8.34. The normalized spacial score (nSPS) is 16.7. The van der Waals surface area contributed by atoms with E-state index in [1.54, 1.807) is 12.4 Å². The summed E-state index contributed by atoms with van der Waals surface area (Å²) in [4.78, 5) is 27.3. The Hall–Kier alpha value is -3.24. The number of nitrogens with zero attached hydrogens (tertiary/aromatic N) is 4. The zero-order valence-electron chi connectivity index (χ0n) is 14.0. The molecule has 27 heavy (non-hydrogen) atoms. The van der Waals surface area contributed by atoms with E-state index in [9.17, 15) is 4.79 Å². The number of rotatable bonds is 2. The van der Waals surface area contributed by atoms with Gasteiger partial charge < -0.3 is 15.8 Å². The Kier molecular flexibility index (Phi) is 3.66. The van der Waals surface area contributed by atoms with E-state index < -0.39 is 5.69 Å². The average Bonchev–Trinajstić information content (AvgIpc) is 3.24. The van der Waals surface area contributed by atoms with Crippen molar-refractivity contribution in [2.45, 2.75) is 6.04 Å². The van der Waals surface area contributed by atoms with Gasteiger partial charge in [0.2, 0.25) is 5.88 Å². The molecule has 4 aromatic rings. The van der Waals surface area contributed by atoms with Gasteiger partial charge >= 0.3 is 5.69 Å². The van der Waals surface area contributed by atoms with E-state index >= 15 is 0 Å². The fraction of sp³-hybridized carbons (Fsp3) is 0.176. The van der Waals surface area contributed by atoms with E-state index in [1.807, 2.05) is 28.1 Å². The van der Waals surface area contributed by atoms with Gasteiger partial charge in [-0.1, -0.05) is 0 Å². The molecule has 1 aliphatic heterocycles. The summed E-state index contributed by atoms with van der Waals surface area (Å²) < 4.78 is 7.65. The summed E-state index contributed by atoms with van der Waals surface area (Å²) in [6, 6.07) is 5.59. The topological polar surface area (TPSA) is 124 Å². The van der Waals surface area contributed by atoms with Crippen LogP contribution in [0.1, 0.15) is 17.3 Å². The van der Waals surface area contributed by atoms with Crippen molar-refractivity contribution >= 4 is 28.2 Å². The number of hydrogen-bond acceptors (Lipinski definition) is 8. The molecule has 9 nitrogen and oxygen atoms in total. The highest BCUT2D eigenvalue weighted by Gasteiger charge is 2.30. The minimum Gasteiger partial charge on any atom is -0.476 e. The lowest BCUT2D eigenvalue weighted by Gasteiger charge is -2.20. The molecule has 0 spiro atoms. The van der Waals surface area contributed by atoms with Gasteiger partial charge in [-0.05, 0) is 18.2 Å². The number of pyridine rings is 1. The van der Waals surface area contributed by atoms with Crippen LogP contribution in [0, 0.1) is 0 Å². The molecule has 4 N–H and O–H groups in total. The minimum absolute atomic E-state index is 0.230. The second kappa shape index (κ2) is 6.18. The molecule has 0 saturated heterocycles. The summed E-state index contributed by atoms with van der Waals surface area (Å²) in [5.41, 5.74) is 7.91. The summed E-state index contributed by atoms with van der Waals surface area (Å²) in [5, 5.41) is 7.13. The van der Waals surface area contributed by atoms with E-state index in [0.29, 0.717) is 18.7 Å². The molecule has 1 atom stereocenters. The van der Waals surface area contributed by atoms with Gasteiger partial charge in [-0.2, -0.15) is 4.98 Å². The molecule has 1 aliphatic rings. The van der Waals surface area contributed by atoms with Crippen LogP contribution < -0.4 is 21.5 Å². The van der Waals surface area contributed by atoms with Gasteiger partial charge in [-0.15, -0.1) is 11.3 Å². The first-order chi connectivity index (χ1) is 13.2. The van der Waals surface area contributed by atoms with Crippen LogP contribution in [0.25, 0.3) is 16.2 Å². The fourth-order valence-electron chi connectivity index (χ4n) is 3.37. The van der Waals surface area contributed by atoms with Crippen LogP contribution >= 0.6 is 11.3 Å². The van der Waals surface area contributed by atoms with Crippen LogP contribution in [0.4, 0.5) is 5.82 Å². The van der Waals surface area contributed by atoms with Gasteiger partial charge in [0, 0.05) is 35.4 Å². The summed E-state index contributed by atoms with van der Waals surface area (Å²) in [6.45, 7) is 0.955. The van der Waals surface area contributed by atoms with E-state index in [4.69, 9.17) is 10.5 Å². The van der Waals surface area contributed by atoms with Gasteiger partial charge in [-0.25, -0.2) is 14.8 Å². The van der Waals surface area contributed by atoms with Gasteiger partial charge in [0.05, 0.1) is 11.6 Å². The molecule has 1 unspecified atom stereocenters. The zero-order chi connectivity index (χ0) is 18.4. The largest absolute Gasteiger partial charge is 0.476 e. The highest BCUT2D eigenvalue weighted by Crippen LogP contribution is 2.36. The number of nitrogens with one attached hydrogen (secondary N) is 2. The number of aromatic amines is 1. The number of nitrogen functional groups attached to an aromatic ring is 1. The third kappa shape index (κ3) is 2.57. The van der Waals surface area contributed by atoms with Gasteiger partial charge in [0.1, 0.15) is 18.1 Å². The van der Waals surface area contributed by atoms with Crippen molar-refractivity contribution in [3.05, 3.63) is 57.7 Å². The second-order valence-corrected chi connectivity index (χ2v) is 6.92. The van der Waals surface area contributed by atoms with Crippen molar-refractivity contribution in [1.82, 2.24) is 29.8 Å². The molecule has 4 aromatic heterocycles. The van der Waals surface area contributed by atoms with Crippen LogP contribution in [0.2, 0.25) is 0 Å². The lowest BCUT2D eigenvalue weighted by molar-refractivity contribution is 0.312. The maximum Gasteiger partial charge on any atom is 0.349 e. The molecule has 0 radical (unpaired) electrons. The number of aromatic nitrogens is 5. The molecule has 0 amide bonds. The number of anilines is 1. The van der Waals surface area contributed by atoms with E-state index in [1.165, 1.54) is 11.3 Å². The number of ether oxygens (including phenoxy) is 1. The Morgan fingerprint density at radius 3 is 3.11 bits per heavy atom. The number of thiazole rings is 1. The lowest BCUT2D eigenvalue weighted by Crippen LogP contribution is -2.27. The van der Waals surface area contributed by atoms with Crippen LogP contribution in [0.15, 0.2) is 40.8 Å². The highest BCUT2D eigenvalue weighted by molar-refractivity contribution is 7.12. The fourth-order valence-corrected chi connectivity index (χ4v) is 4.03. The van der Waals surface area contributed by atoms with Crippen molar-refractivity contribution in [1.29, 1.82) is 0 Å². The van der Waals surface area contributed by atoms with Gasteiger partial charge in [0.25, 0.3) is 0 Å². The molecule has 0 aliphatic carbocycles. The summed E-state index contributed by atoms with van der Waals surface area (Å²) in [7, 11) is 0. The van der Waals surface area contributed by atoms with E-state index in [-0.39, 0.29) is 17.7 Å². The first kappa shape index (κ1) is 16.0. The van der Waals surface area contributed by atoms with E-state index in [2.05, 4.69) is 25.3 Å². The molecular weight excluding hydrogens is 366 g/mol. The molecule has 5 heterocycles. The molecule has 0 saturated carbocycles. The van der Waals surface area contributed by atoms with Crippen molar-refractivity contribution in [2.24, 2.45) is 0 Å². The van der Waals surface area contributed by atoms with Gasteiger partial charge in [0.15, 0.2) is 5.13 Å². The second-order valence-electron chi connectivity index (χ2n) is 6.05. The molecule has 0 fully saturated rings. The summed E-state index contributed by atoms with van der Waals surface area (Å²) in [5.74, 6) is 0.475. The predicted octanol–water partition coefficient (Wildman–Crippen LogP) is 1.22. The van der Waals surface area contributed by atoms with Crippen molar-refractivity contribution in [3.8, 4) is 11.0 Å². The van der Waals surface area contributed by atoms with Crippen LogP contribution in [-0.4, -0.2) is 37.7 Å². The molecule has 0 bridgehead atoms. The number of fused-ring (bicyclic) bond motifs is 2. The predicted molar refractivity (Wildman–Crippen MR) is 101 cm³/mol. The maximum atomic E-state index is 11.7. The van der Waals surface area contributed by atoms with Crippen molar-refractivity contribution < 1.29 is 4.74 Å². The Morgan fingerprint density at radius 1 is 1.33 bits per heavy atom. The van der Waals surface area contributed by atoms with Crippen LogP contribution in [-0.2, 0) is 0 Å². The quantitative estimate of drug-likeness (QED) is 0.477. The SMILES string of the molecule is Nc1[nH]c(=O)nc2c1C(c1cc3cccnc3n1-c1nccs1)NCCO2. The highest BCUT2D eigenvalue weighted by atomic mass is 32.1. The monoisotopic (exact) mass is 381 g/mol. The smallest absolute Gasteiger partial charge is 0.349 e. The number of nitrogens with two attached hydrogens (primary N) is 1. The Morgan fingerprint density at radius 2 is 2.26 bits per heavy atom. The van der Waals surface area contributed by atoms with Crippen LogP contribution in [0.3, 0.4) is 0 Å². The van der Waals surface area contributed by atoms with E-state index in [0.717, 1.165) is 21.9 Å². The third-order valence-electron chi connectivity index (χ3n) is 4.44. The number of hydrogen-bond donors (Lipinski definition) is 3. The maximum absolute atomic E-state index is 11.7.